The van der Waals surface area contributed by atoms with Crippen molar-refractivity contribution in [3.8, 4) is 0 Å². The van der Waals surface area contributed by atoms with Gasteiger partial charge in [-0.1, -0.05) is 19.9 Å². The normalized spacial score (nSPS) is 21.9. The van der Waals surface area contributed by atoms with E-state index in [2.05, 4.69) is 48.2 Å². The van der Waals surface area contributed by atoms with Gasteiger partial charge in [0.2, 0.25) is 0 Å². The molecule has 1 aliphatic rings. The summed E-state index contributed by atoms with van der Waals surface area (Å²) in [7, 11) is 2.16. The van der Waals surface area contributed by atoms with Gasteiger partial charge >= 0.3 is 0 Å². The van der Waals surface area contributed by atoms with Crippen LogP contribution in [0.5, 0.6) is 0 Å². The van der Waals surface area contributed by atoms with Crippen LogP contribution >= 0.6 is 0 Å². The van der Waals surface area contributed by atoms with Crippen molar-refractivity contribution in [2.75, 3.05) is 33.3 Å². The molecule has 4 heteroatoms. The van der Waals surface area contributed by atoms with Gasteiger partial charge in [0, 0.05) is 37.4 Å². The third-order valence-electron chi connectivity index (χ3n) is 3.93. The Morgan fingerprint density at radius 2 is 2.30 bits per heavy atom. The second-order valence-electron chi connectivity index (χ2n) is 5.55. The molecule has 1 aromatic heterocycles. The molecule has 0 radical (unpaired) electrons. The zero-order valence-corrected chi connectivity index (χ0v) is 12.9. The third kappa shape index (κ3) is 4.27. The number of rotatable bonds is 6. The second-order valence-corrected chi connectivity index (χ2v) is 5.55. The maximum atomic E-state index is 5.95. The molecule has 0 saturated carbocycles. The van der Waals surface area contributed by atoms with Crippen LogP contribution in [0, 0.1) is 0 Å². The van der Waals surface area contributed by atoms with Gasteiger partial charge in [0.25, 0.3) is 0 Å². The van der Waals surface area contributed by atoms with Crippen LogP contribution in [0.4, 0.5) is 0 Å². The average Bonchev–Trinajstić information content (AvgIpc) is 2.47. The fraction of sp³-hybridized carbons (Fsp3) is 0.688. The van der Waals surface area contributed by atoms with E-state index in [1.807, 2.05) is 6.20 Å². The van der Waals surface area contributed by atoms with Crippen LogP contribution < -0.4 is 5.32 Å². The fourth-order valence-electron chi connectivity index (χ4n) is 2.66. The van der Waals surface area contributed by atoms with Crippen molar-refractivity contribution in [1.82, 2.24) is 15.2 Å². The van der Waals surface area contributed by atoms with Gasteiger partial charge < -0.3 is 15.0 Å². The minimum atomic E-state index is 0.251. The molecule has 0 spiro atoms. The molecule has 0 bridgehead atoms. The maximum absolute atomic E-state index is 5.95. The first-order valence-corrected chi connectivity index (χ1v) is 7.70. The van der Waals surface area contributed by atoms with Crippen molar-refractivity contribution in [2.24, 2.45) is 0 Å². The number of morpholine rings is 1. The molecule has 20 heavy (non-hydrogen) atoms. The molecule has 0 amide bonds. The summed E-state index contributed by atoms with van der Waals surface area (Å²) < 4.78 is 5.95. The van der Waals surface area contributed by atoms with Gasteiger partial charge in [-0.25, -0.2) is 0 Å². The van der Waals surface area contributed by atoms with E-state index in [0.717, 1.165) is 44.8 Å². The number of nitrogens with one attached hydrogen (secondary N) is 1. The van der Waals surface area contributed by atoms with Gasteiger partial charge in [-0.05, 0) is 31.6 Å². The molecule has 2 atom stereocenters. The van der Waals surface area contributed by atoms with Gasteiger partial charge in [-0.2, -0.15) is 0 Å². The van der Waals surface area contributed by atoms with Crippen LogP contribution in [-0.4, -0.2) is 55.3 Å². The number of hydrogen-bond acceptors (Lipinski definition) is 4. The number of hydrogen-bond donors (Lipinski definition) is 1. The van der Waals surface area contributed by atoms with Crippen molar-refractivity contribution < 1.29 is 4.74 Å². The first kappa shape index (κ1) is 15.4. The molecule has 0 aliphatic carbocycles. The van der Waals surface area contributed by atoms with Crippen LogP contribution in [0.3, 0.4) is 0 Å². The zero-order valence-electron chi connectivity index (χ0n) is 12.9. The first-order valence-electron chi connectivity index (χ1n) is 7.70. The Bertz CT molecular complexity index is 393. The van der Waals surface area contributed by atoms with Crippen molar-refractivity contribution in [1.29, 1.82) is 0 Å². The van der Waals surface area contributed by atoms with E-state index in [0.29, 0.717) is 6.04 Å². The summed E-state index contributed by atoms with van der Waals surface area (Å²) >= 11 is 0. The SMILES string of the molecule is CCNC(Cc1ccc(CC)cn1)C1CN(C)CCO1. The molecule has 0 aromatic carbocycles. The summed E-state index contributed by atoms with van der Waals surface area (Å²) in [6, 6.07) is 4.66. The molecule has 1 aliphatic heterocycles. The summed E-state index contributed by atoms with van der Waals surface area (Å²) in [4.78, 5) is 6.92. The minimum Gasteiger partial charge on any atom is -0.374 e. The van der Waals surface area contributed by atoms with Crippen LogP contribution in [0.15, 0.2) is 18.3 Å². The molecule has 4 nitrogen and oxygen atoms in total. The highest BCUT2D eigenvalue weighted by atomic mass is 16.5. The van der Waals surface area contributed by atoms with E-state index in [9.17, 15) is 0 Å². The van der Waals surface area contributed by atoms with Gasteiger partial charge in [0.1, 0.15) is 0 Å². The Kier molecular flexibility index (Phi) is 5.95. The standard InChI is InChI=1S/C16H27N3O/c1-4-13-6-7-14(18-11-13)10-15(17-5-2)16-12-19(3)8-9-20-16/h6-7,11,15-17H,4-5,8-10,12H2,1-3H3. The molecule has 2 heterocycles. The number of pyridine rings is 1. The lowest BCUT2D eigenvalue weighted by atomic mass is 10.0. The first-order chi connectivity index (χ1) is 9.72. The number of aryl methyl sites for hydroxylation is 1. The second kappa shape index (κ2) is 7.72. The molecule has 1 saturated heterocycles. The summed E-state index contributed by atoms with van der Waals surface area (Å²) in [6.45, 7) is 8.10. The number of ether oxygens (including phenoxy) is 1. The molecular formula is C16H27N3O. The van der Waals surface area contributed by atoms with Gasteiger partial charge in [-0.3, -0.25) is 4.98 Å². The molecule has 2 unspecified atom stereocenters. The van der Waals surface area contributed by atoms with Crippen molar-refractivity contribution in [2.45, 2.75) is 38.8 Å². The molecule has 1 fully saturated rings. The average molecular weight is 277 g/mol. The lowest BCUT2D eigenvalue weighted by molar-refractivity contribution is -0.0383. The van der Waals surface area contributed by atoms with Crippen molar-refractivity contribution >= 4 is 0 Å². The lowest BCUT2D eigenvalue weighted by Crippen LogP contribution is -2.52. The van der Waals surface area contributed by atoms with E-state index >= 15 is 0 Å². The van der Waals surface area contributed by atoms with Crippen LogP contribution in [0.1, 0.15) is 25.1 Å². The van der Waals surface area contributed by atoms with E-state index in [4.69, 9.17) is 4.74 Å². The smallest absolute Gasteiger partial charge is 0.0858 e. The van der Waals surface area contributed by atoms with Crippen LogP contribution in [0.25, 0.3) is 0 Å². The van der Waals surface area contributed by atoms with Gasteiger partial charge in [0.15, 0.2) is 0 Å². The Labute approximate surface area is 122 Å². The van der Waals surface area contributed by atoms with E-state index in [-0.39, 0.29) is 6.10 Å². The number of nitrogens with zero attached hydrogens (tertiary/aromatic N) is 2. The topological polar surface area (TPSA) is 37.4 Å². The summed E-state index contributed by atoms with van der Waals surface area (Å²) in [5.74, 6) is 0. The van der Waals surface area contributed by atoms with Crippen LogP contribution in [0.2, 0.25) is 0 Å². The number of aromatic nitrogens is 1. The van der Waals surface area contributed by atoms with Crippen molar-refractivity contribution in [3.05, 3.63) is 29.6 Å². The fourth-order valence-corrected chi connectivity index (χ4v) is 2.66. The highest BCUT2D eigenvalue weighted by molar-refractivity contribution is 5.15. The predicted molar refractivity (Wildman–Crippen MR) is 82.0 cm³/mol. The van der Waals surface area contributed by atoms with Gasteiger partial charge in [-0.15, -0.1) is 0 Å². The monoisotopic (exact) mass is 277 g/mol. The molecule has 112 valence electrons. The Morgan fingerprint density at radius 1 is 1.45 bits per heavy atom. The van der Waals surface area contributed by atoms with E-state index in [1.54, 1.807) is 0 Å². The van der Waals surface area contributed by atoms with Crippen molar-refractivity contribution in [3.63, 3.8) is 0 Å². The maximum Gasteiger partial charge on any atom is 0.0858 e. The summed E-state index contributed by atoms with van der Waals surface area (Å²) in [5.41, 5.74) is 2.44. The Morgan fingerprint density at radius 3 is 2.90 bits per heavy atom. The zero-order chi connectivity index (χ0) is 14.4. The van der Waals surface area contributed by atoms with Gasteiger partial charge in [0.05, 0.1) is 12.7 Å². The van der Waals surface area contributed by atoms with E-state index < -0.39 is 0 Å². The predicted octanol–water partition coefficient (Wildman–Crippen LogP) is 1.50. The van der Waals surface area contributed by atoms with Crippen LogP contribution in [-0.2, 0) is 17.6 Å². The Balaban J connectivity index is 2.00. The van der Waals surface area contributed by atoms with E-state index in [1.165, 1.54) is 5.56 Å². The summed E-state index contributed by atoms with van der Waals surface area (Å²) in [5, 5.41) is 3.56. The molecule has 2 rings (SSSR count). The Hall–Kier alpha value is -0.970. The highest BCUT2D eigenvalue weighted by Gasteiger charge is 2.26. The minimum absolute atomic E-state index is 0.251. The largest absolute Gasteiger partial charge is 0.374 e. The quantitative estimate of drug-likeness (QED) is 0.855. The highest BCUT2D eigenvalue weighted by Crippen LogP contribution is 2.12. The molecule has 1 aromatic rings. The lowest BCUT2D eigenvalue weighted by Gasteiger charge is -2.35. The summed E-state index contributed by atoms with van der Waals surface area (Å²) in [6.07, 6.45) is 4.21. The third-order valence-corrected chi connectivity index (χ3v) is 3.93. The molecular weight excluding hydrogens is 250 g/mol. The molecule has 1 N–H and O–H groups in total. The number of likely N-dealkylation sites (N-methyl/N-ethyl adjacent to an activating group) is 2.